The Bertz CT molecular complexity index is 1510. The molecule has 8 nitrogen and oxygen atoms in total. The van der Waals surface area contributed by atoms with Gasteiger partial charge in [0.15, 0.2) is 0 Å². The SMILES string of the molecule is COc1ccc(S(=O)(=O)N(CC(=O)N(Cc2ccc(Cl)cc2Cl)[C@@H](C)C(=O)NC2CCCC2)c2ccc(C)cc2)cc1. The molecule has 1 N–H and O–H groups in total. The monoisotopic (exact) mass is 631 g/mol. The first-order valence-electron chi connectivity index (χ1n) is 13.8. The van der Waals surface area contributed by atoms with Gasteiger partial charge in [-0.15, -0.1) is 0 Å². The van der Waals surface area contributed by atoms with Gasteiger partial charge in [-0.3, -0.25) is 13.9 Å². The van der Waals surface area contributed by atoms with E-state index in [0.717, 1.165) is 35.6 Å². The predicted octanol–water partition coefficient (Wildman–Crippen LogP) is 5.98. The largest absolute Gasteiger partial charge is 0.497 e. The van der Waals surface area contributed by atoms with Gasteiger partial charge in [0.05, 0.1) is 17.7 Å². The summed E-state index contributed by atoms with van der Waals surface area (Å²) in [7, 11) is -2.69. The Morgan fingerprint density at radius 2 is 1.64 bits per heavy atom. The summed E-state index contributed by atoms with van der Waals surface area (Å²) in [5.74, 6) is -0.368. The second-order valence-electron chi connectivity index (χ2n) is 10.4. The van der Waals surface area contributed by atoms with Gasteiger partial charge in [-0.1, -0.05) is 59.8 Å². The van der Waals surface area contributed by atoms with Crippen LogP contribution in [0, 0.1) is 6.92 Å². The number of nitrogens with one attached hydrogen (secondary N) is 1. The highest BCUT2D eigenvalue weighted by molar-refractivity contribution is 7.92. The first-order valence-corrected chi connectivity index (χ1v) is 16.0. The van der Waals surface area contributed by atoms with Crippen LogP contribution in [0.5, 0.6) is 5.75 Å². The molecule has 2 amide bonds. The Kier molecular flexibility index (Phi) is 10.4. The molecule has 0 spiro atoms. The topological polar surface area (TPSA) is 96.0 Å². The molecular formula is C31H35Cl2N3O5S. The number of sulfonamides is 1. The van der Waals surface area contributed by atoms with E-state index >= 15 is 0 Å². The van der Waals surface area contributed by atoms with Crippen LogP contribution in [-0.4, -0.2) is 50.9 Å². The molecular weight excluding hydrogens is 597 g/mol. The Labute approximate surface area is 257 Å². The highest BCUT2D eigenvalue weighted by Crippen LogP contribution is 2.28. The number of carbonyl (C=O) groups is 2. The zero-order valence-corrected chi connectivity index (χ0v) is 26.2. The van der Waals surface area contributed by atoms with Crippen LogP contribution in [0.3, 0.4) is 0 Å². The van der Waals surface area contributed by atoms with E-state index in [1.165, 1.54) is 24.1 Å². The zero-order valence-electron chi connectivity index (χ0n) is 23.8. The molecule has 0 bridgehead atoms. The molecule has 0 unspecified atom stereocenters. The van der Waals surface area contributed by atoms with Crippen molar-refractivity contribution < 1.29 is 22.7 Å². The molecule has 0 aromatic heterocycles. The average Bonchev–Trinajstić information content (AvgIpc) is 3.48. The Morgan fingerprint density at radius 1 is 1.00 bits per heavy atom. The molecule has 0 heterocycles. The number of methoxy groups -OCH3 is 1. The van der Waals surface area contributed by atoms with Gasteiger partial charge in [0.1, 0.15) is 18.3 Å². The lowest BCUT2D eigenvalue weighted by Crippen LogP contribution is -2.52. The van der Waals surface area contributed by atoms with Gasteiger partial charge in [-0.25, -0.2) is 8.42 Å². The van der Waals surface area contributed by atoms with Crippen molar-refractivity contribution in [2.75, 3.05) is 18.0 Å². The minimum absolute atomic E-state index is 0.00371. The molecule has 1 saturated carbocycles. The molecule has 3 aromatic rings. The minimum Gasteiger partial charge on any atom is -0.497 e. The van der Waals surface area contributed by atoms with E-state index in [9.17, 15) is 18.0 Å². The van der Waals surface area contributed by atoms with E-state index < -0.39 is 28.5 Å². The van der Waals surface area contributed by atoms with Crippen molar-refractivity contribution in [2.24, 2.45) is 0 Å². The summed E-state index contributed by atoms with van der Waals surface area (Å²) in [6.07, 6.45) is 3.85. The summed E-state index contributed by atoms with van der Waals surface area (Å²) in [6.45, 7) is 2.97. The molecule has 11 heteroatoms. The number of halogens is 2. The third-order valence-corrected chi connectivity index (χ3v) is 9.85. The van der Waals surface area contributed by atoms with E-state index in [-0.39, 0.29) is 23.4 Å². The molecule has 0 aliphatic heterocycles. The Hall–Kier alpha value is -3.27. The van der Waals surface area contributed by atoms with Gasteiger partial charge < -0.3 is 15.0 Å². The lowest BCUT2D eigenvalue weighted by Gasteiger charge is -2.32. The first kappa shape index (κ1) is 31.7. The maximum absolute atomic E-state index is 14.1. The molecule has 0 saturated heterocycles. The van der Waals surface area contributed by atoms with Gasteiger partial charge in [-0.2, -0.15) is 0 Å². The number of hydrogen-bond acceptors (Lipinski definition) is 5. The summed E-state index contributed by atoms with van der Waals surface area (Å²) in [5, 5.41) is 3.82. The van der Waals surface area contributed by atoms with Crippen LogP contribution in [0.2, 0.25) is 10.0 Å². The number of rotatable bonds is 11. The number of aryl methyl sites for hydroxylation is 1. The standard InChI is InChI=1S/C31H35Cl2N3O5S/c1-21-8-12-26(13-9-21)36(42(39,40)28-16-14-27(41-3)15-17-28)20-30(37)35(19-23-10-11-24(32)18-29(23)33)22(2)31(38)34-25-6-4-5-7-25/h8-18,22,25H,4-7,19-20H2,1-3H3,(H,34,38)/t22-/m0/s1. The van der Waals surface area contributed by atoms with Crippen LogP contribution in [0.25, 0.3) is 0 Å². The molecule has 1 aliphatic rings. The third-order valence-electron chi connectivity index (χ3n) is 7.47. The molecule has 0 radical (unpaired) electrons. The number of benzene rings is 3. The first-order chi connectivity index (χ1) is 20.0. The molecule has 1 atom stereocenters. The van der Waals surface area contributed by atoms with Gasteiger partial charge >= 0.3 is 0 Å². The highest BCUT2D eigenvalue weighted by Gasteiger charge is 2.33. The normalized spacial score (nSPS) is 14.3. The Morgan fingerprint density at radius 3 is 2.24 bits per heavy atom. The van der Waals surface area contributed by atoms with Crippen LogP contribution in [0.4, 0.5) is 5.69 Å². The minimum atomic E-state index is -4.19. The van der Waals surface area contributed by atoms with E-state index in [2.05, 4.69) is 5.32 Å². The smallest absolute Gasteiger partial charge is 0.264 e. The lowest BCUT2D eigenvalue weighted by molar-refractivity contribution is -0.139. The fraction of sp³-hybridized carbons (Fsp3) is 0.355. The van der Waals surface area contributed by atoms with Crippen LogP contribution < -0.4 is 14.4 Å². The number of amides is 2. The molecule has 4 rings (SSSR count). The van der Waals surface area contributed by atoms with Crippen molar-refractivity contribution in [3.8, 4) is 5.75 Å². The fourth-order valence-electron chi connectivity index (χ4n) is 4.92. The molecule has 1 fully saturated rings. The number of anilines is 1. The fourth-order valence-corrected chi connectivity index (χ4v) is 6.81. The maximum Gasteiger partial charge on any atom is 0.264 e. The van der Waals surface area contributed by atoms with Crippen molar-refractivity contribution in [3.63, 3.8) is 0 Å². The third kappa shape index (κ3) is 7.56. The van der Waals surface area contributed by atoms with Gasteiger partial charge in [0, 0.05) is 22.6 Å². The summed E-state index contributed by atoms with van der Waals surface area (Å²) < 4.78 is 34.2. The van der Waals surface area contributed by atoms with Gasteiger partial charge in [-0.05, 0) is 80.8 Å². The lowest BCUT2D eigenvalue weighted by atomic mass is 10.1. The van der Waals surface area contributed by atoms with Crippen molar-refractivity contribution in [1.29, 1.82) is 0 Å². The van der Waals surface area contributed by atoms with E-state index in [4.69, 9.17) is 27.9 Å². The van der Waals surface area contributed by atoms with Crippen LogP contribution >= 0.6 is 23.2 Å². The quantitative estimate of drug-likeness (QED) is 0.281. The van der Waals surface area contributed by atoms with E-state index in [1.54, 1.807) is 61.5 Å². The molecule has 1 aliphatic carbocycles. The summed E-state index contributed by atoms with van der Waals surface area (Å²) in [5.41, 5.74) is 1.83. The predicted molar refractivity (Wildman–Crippen MR) is 166 cm³/mol. The molecule has 42 heavy (non-hydrogen) atoms. The van der Waals surface area contributed by atoms with E-state index in [0.29, 0.717) is 27.0 Å². The number of ether oxygens (including phenoxy) is 1. The highest BCUT2D eigenvalue weighted by atomic mass is 35.5. The van der Waals surface area contributed by atoms with Crippen molar-refractivity contribution in [2.45, 2.75) is 63.1 Å². The van der Waals surface area contributed by atoms with Gasteiger partial charge in [0.25, 0.3) is 10.0 Å². The van der Waals surface area contributed by atoms with E-state index in [1.807, 2.05) is 6.92 Å². The second-order valence-corrected chi connectivity index (χ2v) is 13.2. The molecule has 3 aromatic carbocycles. The number of carbonyl (C=O) groups excluding carboxylic acids is 2. The maximum atomic E-state index is 14.1. The Balaban J connectivity index is 1.70. The average molecular weight is 633 g/mol. The van der Waals surface area contributed by atoms with Crippen LogP contribution in [0.15, 0.2) is 71.6 Å². The molecule has 224 valence electrons. The van der Waals surface area contributed by atoms with Crippen LogP contribution in [-0.2, 0) is 26.2 Å². The van der Waals surface area contributed by atoms with Crippen molar-refractivity contribution >= 4 is 50.7 Å². The van der Waals surface area contributed by atoms with Crippen molar-refractivity contribution in [3.05, 3.63) is 87.9 Å². The van der Waals surface area contributed by atoms with Crippen molar-refractivity contribution in [1.82, 2.24) is 10.2 Å². The number of hydrogen-bond donors (Lipinski definition) is 1. The number of nitrogens with zero attached hydrogens (tertiary/aromatic N) is 2. The summed E-state index contributed by atoms with van der Waals surface area (Å²) in [6, 6.07) is 16.9. The summed E-state index contributed by atoms with van der Waals surface area (Å²) in [4.78, 5) is 28.8. The summed E-state index contributed by atoms with van der Waals surface area (Å²) >= 11 is 12.5. The second kappa shape index (κ2) is 13.8. The van der Waals surface area contributed by atoms with Gasteiger partial charge in [0.2, 0.25) is 11.8 Å². The zero-order chi connectivity index (χ0) is 30.4. The van der Waals surface area contributed by atoms with Crippen LogP contribution in [0.1, 0.15) is 43.7 Å².